The molecule has 2 amide bonds. The van der Waals surface area contributed by atoms with Crippen LogP contribution in [0.25, 0.3) is 0 Å². The van der Waals surface area contributed by atoms with Crippen molar-refractivity contribution in [3.63, 3.8) is 0 Å². The predicted molar refractivity (Wildman–Crippen MR) is 93.9 cm³/mol. The third kappa shape index (κ3) is 4.63. The van der Waals surface area contributed by atoms with Gasteiger partial charge in [-0.05, 0) is 45.2 Å². The highest BCUT2D eigenvalue weighted by Crippen LogP contribution is 2.23. The molecule has 0 spiro atoms. The number of carbonyl (C=O) groups excluding carboxylic acids is 2. The van der Waals surface area contributed by atoms with E-state index in [1.54, 1.807) is 18.0 Å². The normalized spacial score (nSPS) is 17.7. The zero-order valence-corrected chi connectivity index (χ0v) is 15.5. The van der Waals surface area contributed by atoms with Crippen molar-refractivity contribution in [3.05, 3.63) is 34.9 Å². The SMILES string of the molecule is CN(Cc1ccccc1Cl)C(=O)[C@@H]1CCCN1C(=O)OC(C)(C)C. The van der Waals surface area contributed by atoms with Crippen molar-refractivity contribution in [1.29, 1.82) is 0 Å². The Kier molecular flexibility index (Phi) is 5.75. The Balaban J connectivity index is 2.04. The largest absolute Gasteiger partial charge is 0.444 e. The second-order valence-corrected chi connectivity index (χ2v) is 7.52. The molecule has 0 unspecified atom stereocenters. The molecular weight excluding hydrogens is 328 g/mol. The monoisotopic (exact) mass is 352 g/mol. The summed E-state index contributed by atoms with van der Waals surface area (Å²) >= 11 is 6.16. The summed E-state index contributed by atoms with van der Waals surface area (Å²) in [6.45, 7) is 6.42. The van der Waals surface area contributed by atoms with E-state index in [1.165, 1.54) is 4.90 Å². The van der Waals surface area contributed by atoms with E-state index in [2.05, 4.69) is 0 Å². The fourth-order valence-corrected chi connectivity index (χ4v) is 2.97. The van der Waals surface area contributed by atoms with Gasteiger partial charge in [-0.2, -0.15) is 0 Å². The van der Waals surface area contributed by atoms with Crippen molar-refractivity contribution in [2.45, 2.75) is 51.8 Å². The summed E-state index contributed by atoms with van der Waals surface area (Å²) < 4.78 is 5.41. The van der Waals surface area contributed by atoms with E-state index in [1.807, 2.05) is 39.0 Å². The van der Waals surface area contributed by atoms with Crippen LogP contribution in [-0.4, -0.2) is 47.0 Å². The number of carbonyl (C=O) groups is 2. The standard InChI is InChI=1S/C18H25ClN2O3/c1-18(2,3)24-17(23)21-11-7-10-15(21)16(22)20(4)12-13-8-5-6-9-14(13)19/h5-6,8-9,15H,7,10-12H2,1-4H3/t15-/m0/s1. The summed E-state index contributed by atoms with van der Waals surface area (Å²) in [4.78, 5) is 28.3. The summed E-state index contributed by atoms with van der Waals surface area (Å²) in [6, 6.07) is 6.98. The Morgan fingerprint density at radius 3 is 2.62 bits per heavy atom. The summed E-state index contributed by atoms with van der Waals surface area (Å²) in [5.41, 5.74) is 0.313. The number of hydrogen-bond acceptors (Lipinski definition) is 3. The maximum atomic E-state index is 12.8. The Morgan fingerprint density at radius 1 is 1.33 bits per heavy atom. The number of rotatable bonds is 3. The Morgan fingerprint density at radius 2 is 2.00 bits per heavy atom. The van der Waals surface area contributed by atoms with E-state index in [4.69, 9.17) is 16.3 Å². The Hall–Kier alpha value is -1.75. The van der Waals surface area contributed by atoms with Crippen molar-refractivity contribution >= 4 is 23.6 Å². The van der Waals surface area contributed by atoms with Crippen LogP contribution >= 0.6 is 11.6 Å². The van der Waals surface area contributed by atoms with Crippen molar-refractivity contribution in [1.82, 2.24) is 9.80 Å². The number of nitrogens with zero attached hydrogens (tertiary/aromatic N) is 2. The molecule has 1 saturated heterocycles. The van der Waals surface area contributed by atoms with Crippen LogP contribution in [-0.2, 0) is 16.1 Å². The molecular formula is C18H25ClN2O3. The lowest BCUT2D eigenvalue weighted by molar-refractivity contribution is -0.135. The number of likely N-dealkylation sites (tertiary alicyclic amines) is 1. The third-order valence-corrected chi connectivity index (χ3v) is 4.28. The molecule has 1 fully saturated rings. The summed E-state index contributed by atoms with van der Waals surface area (Å²) in [6.07, 6.45) is 1.03. The molecule has 0 radical (unpaired) electrons. The summed E-state index contributed by atoms with van der Waals surface area (Å²) in [5, 5.41) is 0.632. The first-order chi connectivity index (χ1) is 11.2. The predicted octanol–water partition coefficient (Wildman–Crippen LogP) is 3.70. The van der Waals surface area contributed by atoms with E-state index in [0.29, 0.717) is 24.5 Å². The average molecular weight is 353 g/mol. The van der Waals surface area contributed by atoms with Gasteiger partial charge >= 0.3 is 6.09 Å². The van der Waals surface area contributed by atoms with Crippen LogP contribution in [0.4, 0.5) is 4.79 Å². The lowest BCUT2D eigenvalue weighted by Crippen LogP contribution is -2.47. The van der Waals surface area contributed by atoms with Crippen molar-refractivity contribution in [2.24, 2.45) is 0 Å². The zero-order valence-electron chi connectivity index (χ0n) is 14.7. The van der Waals surface area contributed by atoms with Gasteiger partial charge in [0, 0.05) is 25.2 Å². The van der Waals surface area contributed by atoms with Gasteiger partial charge in [0.15, 0.2) is 0 Å². The van der Waals surface area contributed by atoms with Gasteiger partial charge in [-0.3, -0.25) is 9.69 Å². The minimum absolute atomic E-state index is 0.0849. The van der Waals surface area contributed by atoms with Gasteiger partial charge in [0.1, 0.15) is 11.6 Å². The summed E-state index contributed by atoms with van der Waals surface area (Å²) in [5.74, 6) is -0.0849. The van der Waals surface area contributed by atoms with Crippen LogP contribution in [0.2, 0.25) is 5.02 Å². The average Bonchev–Trinajstić information content (AvgIpc) is 2.96. The number of halogens is 1. The lowest BCUT2D eigenvalue weighted by Gasteiger charge is -2.30. The minimum Gasteiger partial charge on any atom is -0.444 e. The highest BCUT2D eigenvalue weighted by Gasteiger charge is 2.37. The second kappa shape index (κ2) is 7.43. The quantitative estimate of drug-likeness (QED) is 0.833. The number of amides is 2. The smallest absolute Gasteiger partial charge is 0.410 e. The fourth-order valence-electron chi connectivity index (χ4n) is 2.78. The first-order valence-corrected chi connectivity index (χ1v) is 8.55. The molecule has 1 atom stereocenters. The Labute approximate surface area is 148 Å². The summed E-state index contributed by atoms with van der Waals surface area (Å²) in [7, 11) is 1.73. The van der Waals surface area contributed by atoms with Crippen LogP contribution < -0.4 is 0 Å². The number of ether oxygens (including phenoxy) is 1. The zero-order chi connectivity index (χ0) is 17.9. The van der Waals surface area contributed by atoms with Crippen LogP contribution in [0.1, 0.15) is 39.2 Å². The van der Waals surface area contributed by atoms with Crippen LogP contribution in [0.3, 0.4) is 0 Å². The molecule has 6 heteroatoms. The van der Waals surface area contributed by atoms with Crippen molar-refractivity contribution in [2.75, 3.05) is 13.6 Å². The maximum absolute atomic E-state index is 12.8. The lowest BCUT2D eigenvalue weighted by atomic mass is 10.1. The van der Waals surface area contributed by atoms with Gasteiger partial charge in [-0.1, -0.05) is 29.8 Å². The van der Waals surface area contributed by atoms with Gasteiger partial charge in [0.25, 0.3) is 0 Å². The topological polar surface area (TPSA) is 49.9 Å². The van der Waals surface area contributed by atoms with E-state index in [9.17, 15) is 9.59 Å². The highest BCUT2D eigenvalue weighted by molar-refractivity contribution is 6.31. The molecule has 2 rings (SSSR count). The van der Waals surface area contributed by atoms with Gasteiger partial charge in [-0.15, -0.1) is 0 Å². The first kappa shape index (κ1) is 18.6. The minimum atomic E-state index is -0.573. The molecule has 1 aliphatic rings. The van der Waals surface area contributed by atoms with Crippen LogP contribution in [0, 0.1) is 0 Å². The van der Waals surface area contributed by atoms with E-state index < -0.39 is 17.7 Å². The molecule has 1 aromatic carbocycles. The molecule has 5 nitrogen and oxygen atoms in total. The van der Waals surface area contributed by atoms with Crippen LogP contribution in [0.15, 0.2) is 24.3 Å². The van der Waals surface area contributed by atoms with Gasteiger partial charge in [0.2, 0.25) is 5.91 Å². The van der Waals surface area contributed by atoms with Gasteiger partial charge in [-0.25, -0.2) is 4.79 Å². The molecule has 1 aromatic rings. The molecule has 132 valence electrons. The second-order valence-electron chi connectivity index (χ2n) is 7.12. The van der Waals surface area contributed by atoms with Crippen molar-refractivity contribution < 1.29 is 14.3 Å². The molecule has 0 saturated carbocycles. The van der Waals surface area contributed by atoms with Gasteiger partial charge < -0.3 is 9.64 Å². The molecule has 24 heavy (non-hydrogen) atoms. The third-order valence-electron chi connectivity index (χ3n) is 3.91. The van der Waals surface area contributed by atoms with Crippen LogP contribution in [0.5, 0.6) is 0 Å². The molecule has 1 aliphatic heterocycles. The molecule has 0 bridgehead atoms. The van der Waals surface area contributed by atoms with Gasteiger partial charge in [0.05, 0.1) is 0 Å². The first-order valence-electron chi connectivity index (χ1n) is 8.17. The molecule has 1 heterocycles. The number of hydrogen-bond donors (Lipinski definition) is 0. The van der Waals surface area contributed by atoms with E-state index in [-0.39, 0.29) is 5.91 Å². The highest BCUT2D eigenvalue weighted by atomic mass is 35.5. The number of benzene rings is 1. The van der Waals surface area contributed by atoms with E-state index in [0.717, 1.165) is 12.0 Å². The molecule has 0 N–H and O–H groups in total. The maximum Gasteiger partial charge on any atom is 0.410 e. The fraction of sp³-hybridized carbons (Fsp3) is 0.556. The molecule has 0 aromatic heterocycles. The van der Waals surface area contributed by atoms with Crippen molar-refractivity contribution in [3.8, 4) is 0 Å². The number of likely N-dealkylation sites (N-methyl/N-ethyl adjacent to an activating group) is 1. The van der Waals surface area contributed by atoms with E-state index >= 15 is 0 Å². The Bertz CT molecular complexity index is 613. The molecule has 0 aliphatic carbocycles.